The van der Waals surface area contributed by atoms with Crippen LogP contribution in [-0.4, -0.2) is 30.8 Å². The minimum Gasteiger partial charge on any atom is -0.464 e. The van der Waals surface area contributed by atoms with Gasteiger partial charge in [-0.25, -0.2) is 0 Å². The van der Waals surface area contributed by atoms with Crippen molar-refractivity contribution in [1.29, 1.82) is 0 Å². The van der Waals surface area contributed by atoms with E-state index in [0.717, 1.165) is 29.4 Å². The van der Waals surface area contributed by atoms with Crippen molar-refractivity contribution in [3.05, 3.63) is 64.9 Å². The molecule has 0 atom stereocenters. The number of carbonyl (C=O) groups is 2. The Kier molecular flexibility index (Phi) is 4.44. The van der Waals surface area contributed by atoms with Crippen molar-refractivity contribution in [2.24, 2.45) is 0 Å². The molecule has 5 nitrogen and oxygen atoms in total. The molecule has 2 aromatic carbocycles. The van der Waals surface area contributed by atoms with E-state index in [4.69, 9.17) is 4.42 Å². The highest BCUT2D eigenvalue weighted by molar-refractivity contribution is 5.97. The van der Waals surface area contributed by atoms with Crippen LogP contribution < -0.4 is 5.32 Å². The topological polar surface area (TPSA) is 62.6 Å². The first-order valence-electron chi connectivity index (χ1n) is 9.15. The Morgan fingerprint density at radius 2 is 1.78 bits per heavy atom. The van der Waals surface area contributed by atoms with Gasteiger partial charge in [-0.05, 0) is 66.8 Å². The number of fused-ring (bicyclic) bond motifs is 2. The average Bonchev–Trinajstić information content (AvgIpc) is 3.26. The van der Waals surface area contributed by atoms with Crippen LogP contribution in [0.4, 0.5) is 5.69 Å². The number of furan rings is 1. The fraction of sp³-hybridized carbons (Fsp3) is 0.273. The molecule has 0 bridgehead atoms. The quantitative estimate of drug-likeness (QED) is 0.768. The molecule has 1 heterocycles. The molecule has 5 heteroatoms. The van der Waals surface area contributed by atoms with Crippen LogP contribution in [0.5, 0.6) is 0 Å². The minimum atomic E-state index is -0.107. The van der Waals surface area contributed by atoms with E-state index in [-0.39, 0.29) is 18.2 Å². The van der Waals surface area contributed by atoms with E-state index >= 15 is 0 Å². The lowest BCUT2D eigenvalue weighted by molar-refractivity contribution is -0.115. The predicted molar refractivity (Wildman–Crippen MR) is 105 cm³/mol. The normalized spacial score (nSPS) is 12.8. The second-order valence-electron chi connectivity index (χ2n) is 7.23. The van der Waals surface area contributed by atoms with Gasteiger partial charge in [-0.2, -0.15) is 0 Å². The number of carbonyl (C=O) groups excluding carboxylic acids is 2. The predicted octanol–water partition coefficient (Wildman–Crippen LogP) is 3.80. The van der Waals surface area contributed by atoms with Gasteiger partial charge < -0.3 is 14.6 Å². The van der Waals surface area contributed by atoms with Gasteiger partial charge in [0.2, 0.25) is 5.91 Å². The standard InChI is InChI=1S/C22H22N2O3/c1-24(2)22(26)14-6-8-18(9-7-14)23-21(25)12-17-13-27-20-11-16-5-3-4-15(16)10-19(17)20/h6-11,13H,3-5,12H2,1-2H3,(H,23,25). The summed E-state index contributed by atoms with van der Waals surface area (Å²) in [4.78, 5) is 25.9. The van der Waals surface area contributed by atoms with E-state index in [1.54, 1.807) is 44.6 Å². The van der Waals surface area contributed by atoms with Crippen molar-refractivity contribution >= 4 is 28.5 Å². The van der Waals surface area contributed by atoms with E-state index in [1.807, 2.05) is 0 Å². The highest BCUT2D eigenvalue weighted by Gasteiger charge is 2.17. The molecule has 3 aromatic rings. The SMILES string of the molecule is CN(C)C(=O)c1ccc(NC(=O)Cc2coc3cc4c(cc23)CCC4)cc1. The molecule has 138 valence electrons. The van der Waals surface area contributed by atoms with Crippen LogP contribution in [0.2, 0.25) is 0 Å². The number of nitrogens with one attached hydrogen (secondary N) is 1. The summed E-state index contributed by atoms with van der Waals surface area (Å²) in [6.45, 7) is 0. The largest absolute Gasteiger partial charge is 0.464 e. The first-order chi connectivity index (χ1) is 13.0. The number of hydrogen-bond acceptors (Lipinski definition) is 3. The summed E-state index contributed by atoms with van der Waals surface area (Å²) in [6, 6.07) is 11.2. The van der Waals surface area contributed by atoms with Gasteiger partial charge in [0.1, 0.15) is 5.58 Å². The zero-order valence-electron chi connectivity index (χ0n) is 15.5. The third kappa shape index (κ3) is 3.45. The molecule has 0 fully saturated rings. The highest BCUT2D eigenvalue weighted by Crippen LogP contribution is 2.30. The maximum absolute atomic E-state index is 12.5. The number of anilines is 1. The second-order valence-corrected chi connectivity index (χ2v) is 7.23. The van der Waals surface area contributed by atoms with Crippen molar-refractivity contribution in [3.8, 4) is 0 Å². The first-order valence-corrected chi connectivity index (χ1v) is 9.15. The molecule has 0 saturated heterocycles. The summed E-state index contributed by atoms with van der Waals surface area (Å²) >= 11 is 0. The number of hydrogen-bond donors (Lipinski definition) is 1. The second kappa shape index (κ2) is 6.91. The van der Waals surface area contributed by atoms with Crippen LogP contribution in [0.15, 0.2) is 47.1 Å². The Bertz CT molecular complexity index is 1020. The zero-order chi connectivity index (χ0) is 19.0. The summed E-state index contributed by atoms with van der Waals surface area (Å²) in [5, 5.41) is 3.91. The van der Waals surface area contributed by atoms with E-state index in [2.05, 4.69) is 17.4 Å². The Balaban J connectivity index is 1.47. The molecule has 0 radical (unpaired) electrons. The Labute approximate surface area is 158 Å². The average molecular weight is 362 g/mol. The molecule has 0 aliphatic heterocycles. The van der Waals surface area contributed by atoms with E-state index < -0.39 is 0 Å². The van der Waals surface area contributed by atoms with Crippen molar-refractivity contribution in [1.82, 2.24) is 4.90 Å². The van der Waals surface area contributed by atoms with Crippen molar-refractivity contribution in [3.63, 3.8) is 0 Å². The molecule has 0 saturated carbocycles. The van der Waals surface area contributed by atoms with Gasteiger partial charge in [-0.15, -0.1) is 0 Å². The van der Waals surface area contributed by atoms with Gasteiger partial charge in [0.15, 0.2) is 0 Å². The molecule has 1 aromatic heterocycles. The number of benzene rings is 2. The number of aryl methyl sites for hydroxylation is 2. The molecular weight excluding hydrogens is 340 g/mol. The number of amides is 2. The van der Waals surface area contributed by atoms with Gasteiger partial charge in [0, 0.05) is 36.3 Å². The van der Waals surface area contributed by atoms with Crippen LogP contribution in [0.3, 0.4) is 0 Å². The molecule has 0 spiro atoms. The third-order valence-electron chi connectivity index (χ3n) is 5.04. The number of rotatable bonds is 4. The third-order valence-corrected chi connectivity index (χ3v) is 5.04. The van der Waals surface area contributed by atoms with Crippen LogP contribution in [0.1, 0.15) is 33.5 Å². The molecule has 27 heavy (non-hydrogen) atoms. The molecular formula is C22H22N2O3. The van der Waals surface area contributed by atoms with Crippen LogP contribution in [0, 0.1) is 0 Å². The monoisotopic (exact) mass is 362 g/mol. The van der Waals surface area contributed by atoms with Crippen molar-refractivity contribution in [2.45, 2.75) is 25.7 Å². The Morgan fingerprint density at radius 1 is 1.07 bits per heavy atom. The van der Waals surface area contributed by atoms with Crippen LogP contribution in [-0.2, 0) is 24.1 Å². The minimum absolute atomic E-state index is 0.0646. The van der Waals surface area contributed by atoms with E-state index in [1.165, 1.54) is 22.4 Å². The summed E-state index contributed by atoms with van der Waals surface area (Å²) in [5.41, 5.74) is 5.74. The maximum atomic E-state index is 12.5. The molecule has 1 aliphatic rings. The van der Waals surface area contributed by atoms with Crippen LogP contribution in [0.25, 0.3) is 11.0 Å². The van der Waals surface area contributed by atoms with Gasteiger partial charge in [0.25, 0.3) is 5.91 Å². The molecule has 1 N–H and O–H groups in total. The highest BCUT2D eigenvalue weighted by atomic mass is 16.3. The molecule has 0 unspecified atom stereocenters. The molecule has 2 amide bonds. The lowest BCUT2D eigenvalue weighted by Crippen LogP contribution is -2.21. The van der Waals surface area contributed by atoms with Crippen LogP contribution >= 0.6 is 0 Å². The lowest BCUT2D eigenvalue weighted by Gasteiger charge is -2.11. The lowest BCUT2D eigenvalue weighted by atomic mass is 10.0. The van der Waals surface area contributed by atoms with Crippen molar-refractivity contribution < 1.29 is 14.0 Å². The first kappa shape index (κ1) is 17.3. The smallest absolute Gasteiger partial charge is 0.253 e. The maximum Gasteiger partial charge on any atom is 0.253 e. The molecule has 4 rings (SSSR count). The summed E-state index contributed by atoms with van der Waals surface area (Å²) in [7, 11) is 3.42. The zero-order valence-corrected chi connectivity index (χ0v) is 15.5. The van der Waals surface area contributed by atoms with Gasteiger partial charge in [-0.1, -0.05) is 0 Å². The fourth-order valence-corrected chi connectivity index (χ4v) is 3.62. The van der Waals surface area contributed by atoms with E-state index in [0.29, 0.717) is 11.3 Å². The van der Waals surface area contributed by atoms with E-state index in [9.17, 15) is 9.59 Å². The van der Waals surface area contributed by atoms with Gasteiger partial charge >= 0.3 is 0 Å². The fourth-order valence-electron chi connectivity index (χ4n) is 3.62. The Hall–Kier alpha value is -3.08. The van der Waals surface area contributed by atoms with Gasteiger partial charge in [0.05, 0.1) is 12.7 Å². The summed E-state index contributed by atoms with van der Waals surface area (Å²) in [5.74, 6) is -0.171. The number of nitrogens with zero attached hydrogens (tertiary/aromatic N) is 1. The summed E-state index contributed by atoms with van der Waals surface area (Å²) < 4.78 is 5.67. The molecule has 1 aliphatic carbocycles. The van der Waals surface area contributed by atoms with Crippen molar-refractivity contribution in [2.75, 3.05) is 19.4 Å². The van der Waals surface area contributed by atoms with Gasteiger partial charge in [-0.3, -0.25) is 9.59 Å². The Morgan fingerprint density at radius 3 is 2.48 bits per heavy atom. The summed E-state index contributed by atoms with van der Waals surface area (Å²) in [6.07, 6.45) is 5.32.